The van der Waals surface area contributed by atoms with E-state index in [0.717, 1.165) is 27.9 Å². The van der Waals surface area contributed by atoms with Crippen molar-refractivity contribution in [1.82, 2.24) is 9.78 Å². The summed E-state index contributed by atoms with van der Waals surface area (Å²) in [7, 11) is 1.93. The van der Waals surface area contributed by atoms with Gasteiger partial charge in [0.1, 0.15) is 0 Å². The molecule has 2 aromatic carbocycles. The Balaban J connectivity index is 2.10. The number of rotatable bonds is 3. The van der Waals surface area contributed by atoms with Crippen LogP contribution in [0.15, 0.2) is 60.8 Å². The number of aliphatic hydroxyl groups excluding tert-OH is 1. The molecule has 0 saturated carbocycles. The quantitative estimate of drug-likeness (QED) is 0.788. The van der Waals surface area contributed by atoms with E-state index in [9.17, 15) is 5.11 Å². The topological polar surface area (TPSA) is 38.0 Å². The zero-order chi connectivity index (χ0) is 13.9. The Bertz CT molecular complexity index is 731. The molecule has 0 aliphatic rings. The number of aromatic nitrogens is 2. The minimum absolute atomic E-state index is 0.0477. The Kier molecular flexibility index (Phi) is 3.35. The van der Waals surface area contributed by atoms with Gasteiger partial charge in [0.25, 0.3) is 0 Å². The minimum atomic E-state index is 0.0477. The van der Waals surface area contributed by atoms with Gasteiger partial charge in [-0.05, 0) is 28.8 Å². The number of hydrogen-bond donors (Lipinski definition) is 1. The molecule has 0 aliphatic carbocycles. The lowest BCUT2D eigenvalue weighted by Gasteiger charge is -2.09. The molecule has 3 rings (SSSR count). The molecule has 0 atom stereocenters. The van der Waals surface area contributed by atoms with Gasteiger partial charge in [-0.3, -0.25) is 4.68 Å². The molecule has 0 amide bonds. The highest BCUT2D eigenvalue weighted by Gasteiger charge is 2.07. The van der Waals surface area contributed by atoms with Crippen molar-refractivity contribution in [2.45, 2.75) is 6.61 Å². The fourth-order valence-corrected chi connectivity index (χ4v) is 2.44. The molecule has 1 N–H and O–H groups in total. The second kappa shape index (κ2) is 5.31. The van der Waals surface area contributed by atoms with Crippen LogP contribution in [0, 0.1) is 0 Å². The van der Waals surface area contributed by atoms with E-state index in [-0.39, 0.29) is 6.61 Å². The zero-order valence-electron chi connectivity index (χ0n) is 11.3. The number of nitrogens with zero attached hydrogens (tertiary/aromatic N) is 2. The van der Waals surface area contributed by atoms with Crippen LogP contribution in [-0.4, -0.2) is 14.9 Å². The lowest BCUT2D eigenvalue weighted by Crippen LogP contribution is -1.94. The largest absolute Gasteiger partial charge is 0.392 e. The maximum absolute atomic E-state index is 9.46. The van der Waals surface area contributed by atoms with Gasteiger partial charge in [0.05, 0.1) is 12.3 Å². The van der Waals surface area contributed by atoms with Gasteiger partial charge in [0.15, 0.2) is 0 Å². The van der Waals surface area contributed by atoms with Crippen LogP contribution in [0.5, 0.6) is 0 Å². The molecule has 0 unspecified atom stereocenters. The lowest BCUT2D eigenvalue weighted by atomic mass is 9.98. The second-order valence-electron chi connectivity index (χ2n) is 4.74. The molecule has 3 heteroatoms. The first-order chi connectivity index (χ1) is 9.79. The molecular formula is C17H16N2O. The predicted octanol–water partition coefficient (Wildman–Crippen LogP) is 3.25. The molecule has 3 aromatic rings. The lowest BCUT2D eigenvalue weighted by molar-refractivity contribution is 0.282. The minimum Gasteiger partial charge on any atom is -0.392 e. The summed E-state index contributed by atoms with van der Waals surface area (Å²) in [6, 6.07) is 18.2. The fourth-order valence-electron chi connectivity index (χ4n) is 2.44. The van der Waals surface area contributed by atoms with Crippen molar-refractivity contribution < 1.29 is 5.11 Å². The van der Waals surface area contributed by atoms with Gasteiger partial charge in [-0.15, -0.1) is 0 Å². The summed E-state index contributed by atoms with van der Waals surface area (Å²) in [6.07, 6.45) is 1.80. The van der Waals surface area contributed by atoms with Crippen LogP contribution in [-0.2, 0) is 13.7 Å². The molecule has 1 heterocycles. The summed E-state index contributed by atoms with van der Waals surface area (Å²) in [5.74, 6) is 0. The van der Waals surface area contributed by atoms with E-state index in [0.29, 0.717) is 0 Å². The van der Waals surface area contributed by atoms with Crippen molar-refractivity contribution in [1.29, 1.82) is 0 Å². The third kappa shape index (κ3) is 2.24. The van der Waals surface area contributed by atoms with Gasteiger partial charge in [-0.25, -0.2) is 0 Å². The summed E-state index contributed by atoms with van der Waals surface area (Å²) in [5, 5.41) is 13.7. The molecule has 0 saturated heterocycles. The second-order valence-corrected chi connectivity index (χ2v) is 4.74. The van der Waals surface area contributed by atoms with E-state index in [1.165, 1.54) is 0 Å². The average Bonchev–Trinajstić information content (AvgIpc) is 2.93. The number of aryl methyl sites for hydroxylation is 1. The summed E-state index contributed by atoms with van der Waals surface area (Å²) in [5.41, 5.74) is 5.31. The SMILES string of the molecule is Cn1nccc1-c1cccc(-c2ccccc2CO)c1. The highest BCUT2D eigenvalue weighted by atomic mass is 16.3. The van der Waals surface area contributed by atoms with Crippen LogP contribution in [0.2, 0.25) is 0 Å². The normalized spacial score (nSPS) is 10.7. The van der Waals surface area contributed by atoms with Crippen molar-refractivity contribution in [3.8, 4) is 22.4 Å². The monoisotopic (exact) mass is 264 g/mol. The Morgan fingerprint density at radius 1 is 1.00 bits per heavy atom. The molecule has 0 bridgehead atoms. The standard InChI is InChI=1S/C17H16N2O/c1-19-17(9-10-18-19)14-7-4-6-13(11-14)16-8-3-2-5-15(16)12-20/h2-11,20H,12H2,1H3. The van der Waals surface area contributed by atoms with E-state index in [1.807, 2.05) is 48.1 Å². The smallest absolute Gasteiger partial charge is 0.0687 e. The predicted molar refractivity (Wildman–Crippen MR) is 80.0 cm³/mol. The van der Waals surface area contributed by atoms with Crippen LogP contribution < -0.4 is 0 Å². The molecule has 0 fully saturated rings. The highest BCUT2D eigenvalue weighted by Crippen LogP contribution is 2.28. The summed E-state index contributed by atoms with van der Waals surface area (Å²) < 4.78 is 1.86. The van der Waals surface area contributed by atoms with Crippen LogP contribution >= 0.6 is 0 Å². The maximum Gasteiger partial charge on any atom is 0.0687 e. The zero-order valence-corrected chi connectivity index (χ0v) is 11.3. The fraction of sp³-hybridized carbons (Fsp3) is 0.118. The Morgan fingerprint density at radius 3 is 2.55 bits per heavy atom. The molecule has 20 heavy (non-hydrogen) atoms. The highest BCUT2D eigenvalue weighted by molar-refractivity contribution is 5.73. The third-order valence-electron chi connectivity index (χ3n) is 3.48. The van der Waals surface area contributed by atoms with E-state index >= 15 is 0 Å². The number of hydrogen-bond acceptors (Lipinski definition) is 2. The summed E-state index contributed by atoms with van der Waals surface area (Å²) >= 11 is 0. The van der Waals surface area contributed by atoms with E-state index < -0.39 is 0 Å². The van der Waals surface area contributed by atoms with E-state index in [4.69, 9.17) is 0 Å². The van der Waals surface area contributed by atoms with Crippen molar-refractivity contribution >= 4 is 0 Å². The maximum atomic E-state index is 9.46. The first-order valence-corrected chi connectivity index (χ1v) is 6.57. The first-order valence-electron chi connectivity index (χ1n) is 6.57. The van der Waals surface area contributed by atoms with Crippen molar-refractivity contribution in [3.05, 3.63) is 66.4 Å². The molecule has 1 aromatic heterocycles. The average molecular weight is 264 g/mol. The molecule has 0 spiro atoms. The summed E-state index contributed by atoms with van der Waals surface area (Å²) in [6.45, 7) is 0.0477. The van der Waals surface area contributed by atoms with Crippen LogP contribution in [0.3, 0.4) is 0 Å². The van der Waals surface area contributed by atoms with Gasteiger partial charge in [-0.2, -0.15) is 5.10 Å². The van der Waals surface area contributed by atoms with Crippen molar-refractivity contribution in [3.63, 3.8) is 0 Å². The van der Waals surface area contributed by atoms with Crippen molar-refractivity contribution in [2.75, 3.05) is 0 Å². The number of aliphatic hydroxyl groups is 1. The Labute approximate surface area is 118 Å². The molecule has 0 aliphatic heterocycles. The third-order valence-corrected chi connectivity index (χ3v) is 3.48. The van der Waals surface area contributed by atoms with Gasteiger partial charge < -0.3 is 5.11 Å². The number of benzene rings is 2. The summed E-state index contributed by atoms with van der Waals surface area (Å²) in [4.78, 5) is 0. The van der Waals surface area contributed by atoms with Gasteiger partial charge in [0.2, 0.25) is 0 Å². The van der Waals surface area contributed by atoms with E-state index in [1.54, 1.807) is 6.20 Å². The van der Waals surface area contributed by atoms with Crippen molar-refractivity contribution in [2.24, 2.45) is 7.05 Å². The molecule has 3 nitrogen and oxygen atoms in total. The van der Waals surface area contributed by atoms with Crippen LogP contribution in [0.25, 0.3) is 22.4 Å². The molecule has 100 valence electrons. The first kappa shape index (κ1) is 12.6. The molecule has 0 radical (unpaired) electrons. The van der Waals surface area contributed by atoms with Crippen LogP contribution in [0.4, 0.5) is 0 Å². The van der Waals surface area contributed by atoms with Gasteiger partial charge in [-0.1, -0.05) is 42.5 Å². The Morgan fingerprint density at radius 2 is 1.80 bits per heavy atom. The van der Waals surface area contributed by atoms with E-state index in [2.05, 4.69) is 23.3 Å². The Hall–Kier alpha value is -2.39. The molecular weight excluding hydrogens is 248 g/mol. The van der Waals surface area contributed by atoms with Gasteiger partial charge in [0, 0.05) is 18.8 Å². The van der Waals surface area contributed by atoms with Gasteiger partial charge >= 0.3 is 0 Å². The van der Waals surface area contributed by atoms with Crippen LogP contribution in [0.1, 0.15) is 5.56 Å².